The molecule has 0 heterocycles. The van der Waals surface area contributed by atoms with Gasteiger partial charge in [-0.15, -0.1) is 0 Å². The first-order valence-corrected chi connectivity index (χ1v) is 19.5. The number of hydrogen-bond donors (Lipinski definition) is 3. The summed E-state index contributed by atoms with van der Waals surface area (Å²) in [6.45, 7) is 26.9. The lowest BCUT2D eigenvalue weighted by atomic mass is 9.74. The van der Waals surface area contributed by atoms with Crippen molar-refractivity contribution in [3.63, 3.8) is 0 Å². The number of rotatable bonds is 10. The second-order valence-electron chi connectivity index (χ2n) is 16.2. The average Bonchev–Trinajstić information content (AvgIpc) is 3.28. The number of thiol groups is 1. The molecule has 256 valence electrons. The van der Waals surface area contributed by atoms with Gasteiger partial charge in [-0.3, -0.25) is 0 Å². The van der Waals surface area contributed by atoms with Crippen LogP contribution in [0.1, 0.15) is 181 Å². The normalized spacial score (nSPS) is 15.4. The van der Waals surface area contributed by atoms with Crippen LogP contribution in [0.15, 0.2) is 24.3 Å². The van der Waals surface area contributed by atoms with Crippen LogP contribution >= 0.6 is 24.4 Å². The molecule has 2 N–H and O–H groups in total. The van der Waals surface area contributed by atoms with E-state index in [-0.39, 0.29) is 21.7 Å². The van der Waals surface area contributed by atoms with E-state index in [4.69, 9.17) is 0 Å². The number of thioether (sulfide) groups is 1. The molecule has 0 unspecified atom stereocenters. The van der Waals surface area contributed by atoms with E-state index < -0.39 is 0 Å². The predicted molar refractivity (Wildman–Crippen MR) is 205 cm³/mol. The fourth-order valence-corrected chi connectivity index (χ4v) is 7.83. The summed E-state index contributed by atoms with van der Waals surface area (Å²) in [6, 6.07) is 8.84. The molecule has 45 heavy (non-hydrogen) atoms. The highest BCUT2D eigenvalue weighted by molar-refractivity contribution is 7.99. The first-order valence-electron chi connectivity index (χ1n) is 17.9. The van der Waals surface area contributed by atoms with Crippen molar-refractivity contribution in [1.82, 2.24) is 0 Å². The summed E-state index contributed by atoms with van der Waals surface area (Å²) in [4.78, 5) is 0. The van der Waals surface area contributed by atoms with Gasteiger partial charge in [0.2, 0.25) is 0 Å². The third kappa shape index (κ3) is 10.4. The molecule has 1 saturated carbocycles. The van der Waals surface area contributed by atoms with E-state index in [1.165, 1.54) is 49.7 Å². The molecule has 3 rings (SSSR count). The van der Waals surface area contributed by atoms with Gasteiger partial charge in [-0.2, -0.15) is 24.4 Å². The molecular weight excluding hydrogens is 589 g/mol. The standard InChI is InChI=1S/C24H40OS.C17H28OS/c1-7-24(6,8-2)21-16-19(23(3,4)5)15-18(22(21)25)17-26-20-13-11-9-10-12-14-20;1-7-17(6,8-2)14-10-13(16(3,4)5)9-12(11-19)15(14)18/h15-16,20,25H,7-14,17H2,1-6H3;9-10,18-19H,7-8,11H2,1-6H3. The number of phenols is 2. The number of hydrogen-bond acceptors (Lipinski definition) is 4. The highest BCUT2D eigenvalue weighted by Gasteiger charge is 2.31. The molecule has 0 amide bonds. The zero-order valence-electron chi connectivity index (χ0n) is 31.1. The third-order valence-electron chi connectivity index (χ3n) is 11.0. The quantitative estimate of drug-likeness (QED) is 0.176. The second-order valence-corrected chi connectivity index (χ2v) is 17.8. The Balaban J connectivity index is 0.000000330. The van der Waals surface area contributed by atoms with Crippen LogP contribution in [-0.2, 0) is 33.2 Å². The van der Waals surface area contributed by atoms with Crippen LogP contribution in [0.4, 0.5) is 0 Å². The first-order chi connectivity index (χ1) is 20.9. The Bertz CT molecular complexity index is 1200. The van der Waals surface area contributed by atoms with E-state index in [2.05, 4.69) is 132 Å². The number of phenolic OH excluding ortho intramolecular Hbond substituents is 2. The highest BCUT2D eigenvalue weighted by atomic mass is 32.2. The molecule has 0 radical (unpaired) electrons. The van der Waals surface area contributed by atoms with Crippen LogP contribution in [0.2, 0.25) is 0 Å². The van der Waals surface area contributed by atoms with E-state index in [1.54, 1.807) is 0 Å². The molecule has 0 bridgehead atoms. The highest BCUT2D eigenvalue weighted by Crippen LogP contribution is 2.44. The Morgan fingerprint density at radius 3 is 1.36 bits per heavy atom. The van der Waals surface area contributed by atoms with Crippen molar-refractivity contribution in [3.05, 3.63) is 57.6 Å². The lowest BCUT2D eigenvalue weighted by molar-refractivity contribution is 0.393. The van der Waals surface area contributed by atoms with Crippen LogP contribution < -0.4 is 0 Å². The fourth-order valence-electron chi connectivity index (χ4n) is 6.28. The minimum Gasteiger partial charge on any atom is -0.507 e. The van der Waals surface area contributed by atoms with Gasteiger partial charge in [0.25, 0.3) is 0 Å². The van der Waals surface area contributed by atoms with Gasteiger partial charge < -0.3 is 10.2 Å². The Morgan fingerprint density at radius 2 is 1.00 bits per heavy atom. The van der Waals surface area contributed by atoms with Crippen molar-refractivity contribution in [1.29, 1.82) is 0 Å². The summed E-state index contributed by atoms with van der Waals surface area (Å²) in [6.07, 6.45) is 12.4. The fraction of sp³-hybridized carbons (Fsp3) is 0.707. The van der Waals surface area contributed by atoms with Gasteiger partial charge in [-0.25, -0.2) is 0 Å². The minimum absolute atomic E-state index is 0.0308. The van der Waals surface area contributed by atoms with Crippen molar-refractivity contribution in [2.45, 2.75) is 186 Å². The van der Waals surface area contributed by atoms with Crippen molar-refractivity contribution in [2.75, 3.05) is 0 Å². The molecule has 2 aromatic rings. The number of benzene rings is 2. The smallest absolute Gasteiger partial charge is 0.123 e. The average molecular weight is 657 g/mol. The van der Waals surface area contributed by atoms with Gasteiger partial charge >= 0.3 is 0 Å². The molecule has 0 aromatic heterocycles. The zero-order valence-corrected chi connectivity index (χ0v) is 32.8. The molecule has 1 aliphatic carbocycles. The lowest BCUT2D eigenvalue weighted by Crippen LogP contribution is -2.22. The van der Waals surface area contributed by atoms with Crippen molar-refractivity contribution in [2.24, 2.45) is 0 Å². The van der Waals surface area contributed by atoms with Gasteiger partial charge in [0.1, 0.15) is 11.5 Å². The van der Waals surface area contributed by atoms with Gasteiger partial charge in [0.05, 0.1) is 0 Å². The summed E-state index contributed by atoms with van der Waals surface area (Å²) < 4.78 is 0. The predicted octanol–water partition coefficient (Wildman–Crippen LogP) is 12.9. The maximum atomic E-state index is 11.1. The molecule has 2 nitrogen and oxygen atoms in total. The van der Waals surface area contributed by atoms with Gasteiger partial charge in [-0.05, 0) is 71.3 Å². The molecular formula is C41H68O2S2. The van der Waals surface area contributed by atoms with Crippen LogP contribution in [0, 0.1) is 0 Å². The van der Waals surface area contributed by atoms with E-state index in [0.717, 1.165) is 58.9 Å². The summed E-state index contributed by atoms with van der Waals surface area (Å²) in [7, 11) is 0. The van der Waals surface area contributed by atoms with Gasteiger partial charge in [0, 0.05) is 39.0 Å². The Morgan fingerprint density at radius 1 is 0.622 bits per heavy atom. The van der Waals surface area contributed by atoms with E-state index in [9.17, 15) is 10.2 Å². The van der Waals surface area contributed by atoms with E-state index in [0.29, 0.717) is 17.3 Å². The Hall–Kier alpha value is -1.26. The van der Waals surface area contributed by atoms with E-state index >= 15 is 0 Å². The lowest BCUT2D eigenvalue weighted by Gasteiger charge is -2.32. The van der Waals surface area contributed by atoms with Crippen molar-refractivity contribution >= 4 is 24.4 Å². The molecule has 0 atom stereocenters. The van der Waals surface area contributed by atoms with Gasteiger partial charge in [-0.1, -0.05) is 133 Å². The molecule has 1 fully saturated rings. The van der Waals surface area contributed by atoms with Gasteiger partial charge in [0.15, 0.2) is 0 Å². The topological polar surface area (TPSA) is 40.5 Å². The molecule has 0 aliphatic heterocycles. The first kappa shape index (κ1) is 39.9. The largest absolute Gasteiger partial charge is 0.507 e. The van der Waals surface area contributed by atoms with Crippen molar-refractivity contribution in [3.8, 4) is 11.5 Å². The summed E-state index contributed by atoms with van der Waals surface area (Å²) in [5.41, 5.74) is 7.23. The van der Waals surface area contributed by atoms with Crippen molar-refractivity contribution < 1.29 is 10.2 Å². The summed E-state index contributed by atoms with van der Waals surface area (Å²) >= 11 is 6.44. The van der Waals surface area contributed by atoms with Crippen LogP contribution in [0.3, 0.4) is 0 Å². The van der Waals surface area contributed by atoms with Crippen LogP contribution in [0.25, 0.3) is 0 Å². The Labute approximate surface area is 288 Å². The maximum absolute atomic E-state index is 11.1. The monoisotopic (exact) mass is 656 g/mol. The number of aromatic hydroxyl groups is 2. The Kier molecular flexibility index (Phi) is 14.8. The van der Waals surface area contributed by atoms with Crippen LogP contribution in [0.5, 0.6) is 11.5 Å². The van der Waals surface area contributed by atoms with E-state index in [1.807, 2.05) is 0 Å². The molecule has 0 spiro atoms. The van der Waals surface area contributed by atoms with Crippen LogP contribution in [-0.4, -0.2) is 15.5 Å². The SMILES string of the molecule is CCC(C)(CC)c1cc(C(C)(C)C)cc(CS)c1O.CCC(C)(CC)c1cc(C(C)(C)C)cc(CSC2CCCCCC2)c1O. The summed E-state index contributed by atoms with van der Waals surface area (Å²) in [5.74, 6) is 2.52. The second kappa shape index (κ2) is 16.7. The summed E-state index contributed by atoms with van der Waals surface area (Å²) in [5, 5.41) is 22.4. The molecule has 0 saturated heterocycles. The minimum atomic E-state index is 0.0308. The maximum Gasteiger partial charge on any atom is 0.123 e. The molecule has 4 heteroatoms. The molecule has 2 aromatic carbocycles. The molecule has 1 aliphatic rings. The third-order valence-corrected chi connectivity index (χ3v) is 12.7. The zero-order chi connectivity index (χ0) is 34.2.